The van der Waals surface area contributed by atoms with Crippen LogP contribution in [0.4, 0.5) is 17.1 Å². The maximum atomic E-state index is 6.10. The molecule has 0 aliphatic heterocycles. The van der Waals surface area contributed by atoms with Crippen LogP contribution in [-0.4, -0.2) is 10.2 Å². The van der Waals surface area contributed by atoms with Gasteiger partial charge in [0.2, 0.25) is 11.8 Å². The van der Waals surface area contributed by atoms with Crippen LogP contribution in [0, 0.1) is 5.92 Å². The Morgan fingerprint density at radius 1 is 0.348 bits per heavy atom. The number of rotatable bonds is 14. The van der Waals surface area contributed by atoms with Gasteiger partial charge in [-0.2, -0.15) is 0 Å². The molecule has 0 bridgehead atoms. The van der Waals surface area contributed by atoms with Crippen molar-refractivity contribution in [2.24, 2.45) is 5.92 Å². The number of para-hydroxylation sites is 1. The van der Waals surface area contributed by atoms with E-state index in [1.54, 1.807) is 0 Å². The molecule has 10 rings (SSSR count). The lowest BCUT2D eigenvalue weighted by Gasteiger charge is -2.28. The van der Waals surface area contributed by atoms with E-state index < -0.39 is 0 Å². The summed E-state index contributed by atoms with van der Waals surface area (Å²) in [5, 5.41) is 8.69. The molecule has 0 unspecified atom stereocenters. The van der Waals surface area contributed by atoms with Crippen LogP contribution in [0.15, 0.2) is 235 Å². The minimum Gasteiger partial charge on any atom is -0.416 e. The van der Waals surface area contributed by atoms with Crippen LogP contribution in [0.2, 0.25) is 0 Å². The van der Waals surface area contributed by atoms with Gasteiger partial charge < -0.3 is 9.32 Å². The Balaban J connectivity index is 1.00. The molecule has 0 saturated heterocycles. The number of benzene rings is 9. The molecule has 0 aliphatic carbocycles. The molecule has 0 spiro atoms. The molecule has 0 N–H and O–H groups in total. The van der Waals surface area contributed by atoms with Gasteiger partial charge in [-0.1, -0.05) is 197 Å². The van der Waals surface area contributed by atoms with Crippen molar-refractivity contribution in [3.05, 3.63) is 236 Å². The Bertz CT molecular complexity index is 3160. The molecule has 0 atom stereocenters. The minimum absolute atomic E-state index is 0.500. The van der Waals surface area contributed by atoms with Gasteiger partial charge in [0.1, 0.15) is 0 Å². The van der Waals surface area contributed by atoms with Gasteiger partial charge in [0, 0.05) is 28.2 Å². The van der Waals surface area contributed by atoms with E-state index in [1.807, 2.05) is 30.3 Å². The molecular weight excluding hydrogens is 803 g/mol. The molecule has 10 aromatic rings. The molecule has 1 aromatic heterocycles. The van der Waals surface area contributed by atoms with E-state index in [2.05, 4.69) is 229 Å². The highest BCUT2D eigenvalue weighted by molar-refractivity contribution is 5.93. The topological polar surface area (TPSA) is 42.2 Å². The zero-order valence-corrected chi connectivity index (χ0v) is 37.4. The Labute approximate surface area is 388 Å². The molecule has 0 radical (unpaired) electrons. The normalized spacial score (nSPS) is 11.2. The molecule has 1 heterocycles. The first-order chi connectivity index (χ1) is 32.6. The van der Waals surface area contributed by atoms with E-state index in [9.17, 15) is 0 Å². The van der Waals surface area contributed by atoms with E-state index in [0.717, 1.165) is 58.6 Å². The van der Waals surface area contributed by atoms with Crippen molar-refractivity contribution in [3.63, 3.8) is 0 Å². The number of hydrogen-bond acceptors (Lipinski definition) is 4. The highest BCUT2D eigenvalue weighted by atomic mass is 16.4. The Morgan fingerprint density at radius 2 is 0.727 bits per heavy atom. The molecule has 320 valence electrons. The maximum Gasteiger partial charge on any atom is 0.248 e. The van der Waals surface area contributed by atoms with Crippen LogP contribution in [0.25, 0.3) is 78.5 Å². The first-order valence-electron chi connectivity index (χ1n) is 23.1. The fourth-order valence-electron chi connectivity index (χ4n) is 9.10. The predicted octanol–water partition coefficient (Wildman–Crippen LogP) is 17.2. The summed E-state index contributed by atoms with van der Waals surface area (Å²) >= 11 is 0. The summed E-state index contributed by atoms with van der Waals surface area (Å²) in [5.41, 5.74) is 18.5. The quantitative estimate of drug-likeness (QED) is 0.109. The van der Waals surface area contributed by atoms with E-state index in [4.69, 9.17) is 4.42 Å². The standard InChI is InChI=1S/C62H51N3O/c1-3-44(4-2)42-52-43-55(65(53-22-12-7-13-23-53)54-38-36-48(37-39-54)47-30-28-46(29-31-47)45-18-8-5-9-19-45)40-41-57(52)59-26-16-17-27-60(59)58-25-15-14-24-56(58)49-32-34-51(35-33-49)62-64-63-61(66-62)50-20-10-6-11-21-50/h5-41,43-44H,3-4,42H2,1-2H3. The van der Waals surface area contributed by atoms with Crippen molar-refractivity contribution >= 4 is 17.1 Å². The summed E-state index contributed by atoms with van der Waals surface area (Å²) in [4.78, 5) is 2.39. The van der Waals surface area contributed by atoms with E-state index in [-0.39, 0.29) is 0 Å². The number of hydrogen-bond donors (Lipinski definition) is 0. The first-order valence-corrected chi connectivity index (χ1v) is 23.1. The van der Waals surface area contributed by atoms with Gasteiger partial charge in [0.15, 0.2) is 0 Å². The van der Waals surface area contributed by atoms with E-state index in [1.165, 1.54) is 50.1 Å². The number of anilines is 3. The van der Waals surface area contributed by atoms with Gasteiger partial charge in [-0.25, -0.2) is 0 Å². The second-order valence-electron chi connectivity index (χ2n) is 16.8. The zero-order valence-electron chi connectivity index (χ0n) is 37.4. The fourth-order valence-corrected chi connectivity index (χ4v) is 9.10. The Hall–Kier alpha value is -8.08. The summed E-state index contributed by atoms with van der Waals surface area (Å²) in [6, 6.07) is 82.2. The highest BCUT2D eigenvalue weighted by Crippen LogP contribution is 2.43. The van der Waals surface area contributed by atoms with Crippen molar-refractivity contribution in [1.29, 1.82) is 0 Å². The van der Waals surface area contributed by atoms with Crippen molar-refractivity contribution in [2.45, 2.75) is 33.1 Å². The van der Waals surface area contributed by atoms with Crippen LogP contribution in [-0.2, 0) is 6.42 Å². The van der Waals surface area contributed by atoms with Crippen molar-refractivity contribution < 1.29 is 4.42 Å². The fraction of sp³-hybridized carbons (Fsp3) is 0.0968. The molecule has 0 saturated carbocycles. The van der Waals surface area contributed by atoms with Gasteiger partial charge in [-0.05, 0) is 134 Å². The van der Waals surface area contributed by atoms with Crippen LogP contribution in [0.3, 0.4) is 0 Å². The average molecular weight is 854 g/mol. The minimum atomic E-state index is 0.500. The largest absolute Gasteiger partial charge is 0.416 e. The van der Waals surface area contributed by atoms with Gasteiger partial charge in [0.25, 0.3) is 0 Å². The zero-order chi connectivity index (χ0) is 44.7. The summed E-state index contributed by atoms with van der Waals surface area (Å²) in [5.74, 6) is 1.56. The van der Waals surface area contributed by atoms with Crippen molar-refractivity contribution in [1.82, 2.24) is 10.2 Å². The Morgan fingerprint density at radius 3 is 1.29 bits per heavy atom. The van der Waals surface area contributed by atoms with Gasteiger partial charge in [0.05, 0.1) is 0 Å². The molecule has 0 aliphatic rings. The van der Waals surface area contributed by atoms with Crippen molar-refractivity contribution in [2.75, 3.05) is 4.90 Å². The van der Waals surface area contributed by atoms with E-state index >= 15 is 0 Å². The smallest absolute Gasteiger partial charge is 0.248 e. The lowest BCUT2D eigenvalue weighted by molar-refractivity contribution is 0.491. The van der Waals surface area contributed by atoms with Gasteiger partial charge >= 0.3 is 0 Å². The van der Waals surface area contributed by atoms with Crippen LogP contribution in [0.5, 0.6) is 0 Å². The number of aromatic nitrogens is 2. The summed E-state index contributed by atoms with van der Waals surface area (Å²) in [6.45, 7) is 4.64. The predicted molar refractivity (Wildman–Crippen MR) is 275 cm³/mol. The second kappa shape index (κ2) is 19.3. The molecule has 66 heavy (non-hydrogen) atoms. The average Bonchev–Trinajstić information content (AvgIpc) is 3.90. The van der Waals surface area contributed by atoms with Crippen molar-refractivity contribution in [3.8, 4) is 78.5 Å². The molecular formula is C62H51N3O. The lowest BCUT2D eigenvalue weighted by atomic mass is 9.85. The van der Waals surface area contributed by atoms with E-state index in [0.29, 0.717) is 17.7 Å². The molecule has 0 fully saturated rings. The second-order valence-corrected chi connectivity index (χ2v) is 16.8. The third-order valence-electron chi connectivity index (χ3n) is 12.8. The third-order valence-corrected chi connectivity index (χ3v) is 12.8. The summed E-state index contributed by atoms with van der Waals surface area (Å²) in [6.07, 6.45) is 3.22. The summed E-state index contributed by atoms with van der Waals surface area (Å²) in [7, 11) is 0. The van der Waals surface area contributed by atoms with Crippen LogP contribution >= 0.6 is 0 Å². The van der Waals surface area contributed by atoms with Crippen LogP contribution in [0.1, 0.15) is 32.3 Å². The SMILES string of the molecule is CCC(CC)Cc1cc(N(c2ccccc2)c2ccc(-c3ccc(-c4ccccc4)cc3)cc2)ccc1-c1ccccc1-c1ccccc1-c1ccc(-c2nnc(-c3ccccc3)o2)cc1. The Kier molecular flexibility index (Phi) is 12.3. The third kappa shape index (κ3) is 8.87. The lowest BCUT2D eigenvalue weighted by Crippen LogP contribution is -2.11. The van der Waals surface area contributed by atoms with Gasteiger partial charge in [-0.15, -0.1) is 10.2 Å². The molecule has 4 nitrogen and oxygen atoms in total. The monoisotopic (exact) mass is 853 g/mol. The highest BCUT2D eigenvalue weighted by Gasteiger charge is 2.20. The molecule has 4 heteroatoms. The maximum absolute atomic E-state index is 6.10. The first kappa shape index (κ1) is 41.9. The van der Waals surface area contributed by atoms with Gasteiger partial charge in [-0.3, -0.25) is 0 Å². The number of nitrogens with zero attached hydrogens (tertiary/aromatic N) is 3. The van der Waals surface area contributed by atoms with Crippen LogP contribution < -0.4 is 4.90 Å². The summed E-state index contributed by atoms with van der Waals surface area (Å²) < 4.78 is 6.10. The molecule has 0 amide bonds. The molecule has 9 aromatic carbocycles.